The summed E-state index contributed by atoms with van der Waals surface area (Å²) in [7, 11) is -4.19. The molecule has 3 aromatic rings. The number of furan rings is 1. The summed E-state index contributed by atoms with van der Waals surface area (Å²) in [5.41, 5.74) is 1.30. The van der Waals surface area contributed by atoms with Crippen LogP contribution in [0.2, 0.25) is 0 Å². The molecule has 2 aromatic carbocycles. The van der Waals surface area contributed by atoms with Crippen molar-refractivity contribution in [2.45, 2.75) is 36.8 Å². The van der Waals surface area contributed by atoms with Gasteiger partial charge in [-0.25, -0.2) is 8.42 Å². The van der Waals surface area contributed by atoms with Crippen LogP contribution < -0.4 is 4.74 Å². The quantitative estimate of drug-likeness (QED) is 0.403. The fourth-order valence-corrected chi connectivity index (χ4v) is 5.31. The summed E-state index contributed by atoms with van der Waals surface area (Å²) in [5, 5.41) is 9.94. The zero-order valence-corrected chi connectivity index (χ0v) is 20.5. The second-order valence-electron chi connectivity index (χ2n) is 8.24. The molecule has 0 radical (unpaired) electrons. The Morgan fingerprint density at radius 1 is 1.03 bits per heavy atom. The number of hydrogen-bond acceptors (Lipinski definition) is 6. The third-order valence-electron chi connectivity index (χ3n) is 6.05. The van der Waals surface area contributed by atoms with Crippen LogP contribution in [0.3, 0.4) is 0 Å². The maximum absolute atomic E-state index is 13.4. The van der Waals surface area contributed by atoms with Crippen LogP contribution in [0.1, 0.15) is 26.3 Å². The van der Waals surface area contributed by atoms with Gasteiger partial charge in [-0.1, -0.05) is 26.0 Å². The molecule has 0 bridgehead atoms. The number of carboxylic acids is 1. The van der Waals surface area contributed by atoms with Crippen molar-refractivity contribution >= 4 is 15.8 Å². The fourth-order valence-electron chi connectivity index (χ4n) is 3.71. The molecule has 0 spiro atoms. The fraction of sp³-hybridized carbons (Fsp3) is 0.346. The van der Waals surface area contributed by atoms with Crippen LogP contribution in [-0.2, 0) is 21.1 Å². The number of likely N-dealkylation sites (N-methyl/N-ethyl adjacent to an activating group) is 1. The van der Waals surface area contributed by atoms with Gasteiger partial charge in [0.25, 0.3) is 0 Å². The maximum atomic E-state index is 13.4. The van der Waals surface area contributed by atoms with Crippen molar-refractivity contribution in [3.63, 3.8) is 0 Å². The summed E-state index contributed by atoms with van der Waals surface area (Å²) in [6.45, 7) is 8.69. The van der Waals surface area contributed by atoms with Gasteiger partial charge in [0.15, 0.2) is 14.6 Å². The number of rotatable bonds is 12. The van der Waals surface area contributed by atoms with Crippen LogP contribution in [0.4, 0.5) is 0 Å². The summed E-state index contributed by atoms with van der Waals surface area (Å²) >= 11 is 0. The zero-order chi connectivity index (χ0) is 24.8. The summed E-state index contributed by atoms with van der Waals surface area (Å²) in [6, 6.07) is 16.5. The largest absolute Gasteiger partial charge is 0.492 e. The number of hydrogen-bond donors (Lipinski definition) is 1. The van der Waals surface area contributed by atoms with Gasteiger partial charge in [0.1, 0.15) is 18.1 Å². The second-order valence-corrected chi connectivity index (χ2v) is 10.6. The highest BCUT2D eigenvalue weighted by molar-refractivity contribution is 7.93. The molecule has 3 rings (SSSR count). The number of carboxylic acid groups (broad SMARTS) is 1. The Morgan fingerprint density at radius 2 is 1.68 bits per heavy atom. The van der Waals surface area contributed by atoms with Crippen molar-refractivity contribution < 1.29 is 27.5 Å². The van der Waals surface area contributed by atoms with Crippen molar-refractivity contribution in [3.8, 4) is 17.1 Å². The molecular weight excluding hydrogens is 454 g/mol. The Bertz CT molecular complexity index is 1170. The van der Waals surface area contributed by atoms with Gasteiger partial charge in [0, 0.05) is 18.5 Å². The van der Waals surface area contributed by atoms with E-state index in [0.717, 1.165) is 19.6 Å². The molecule has 8 heteroatoms. The predicted molar refractivity (Wildman–Crippen MR) is 131 cm³/mol. The Kier molecular flexibility index (Phi) is 8.17. The first-order valence-electron chi connectivity index (χ1n) is 11.3. The van der Waals surface area contributed by atoms with Gasteiger partial charge >= 0.3 is 5.97 Å². The average molecular weight is 486 g/mol. The summed E-state index contributed by atoms with van der Waals surface area (Å²) in [4.78, 5) is 14.4. The molecule has 7 nitrogen and oxygen atoms in total. The van der Waals surface area contributed by atoms with E-state index in [1.165, 1.54) is 25.3 Å². The maximum Gasteiger partial charge on any atom is 0.325 e. The van der Waals surface area contributed by atoms with E-state index >= 15 is 0 Å². The minimum atomic E-state index is -4.19. The average Bonchev–Trinajstić information content (AvgIpc) is 3.38. The minimum absolute atomic E-state index is 0.0518. The Hall–Kier alpha value is -3.10. The van der Waals surface area contributed by atoms with Gasteiger partial charge in [-0.2, -0.15) is 0 Å². The monoisotopic (exact) mass is 485 g/mol. The lowest BCUT2D eigenvalue weighted by Gasteiger charge is -2.25. The first-order valence-corrected chi connectivity index (χ1v) is 12.8. The lowest BCUT2D eigenvalue weighted by molar-refractivity contribution is -0.139. The summed E-state index contributed by atoms with van der Waals surface area (Å²) in [5.74, 6) is -0.143. The third kappa shape index (κ3) is 5.51. The van der Waals surface area contributed by atoms with E-state index in [-0.39, 0.29) is 11.3 Å². The topological polar surface area (TPSA) is 97.0 Å². The number of sulfone groups is 1. The van der Waals surface area contributed by atoms with E-state index in [2.05, 4.69) is 18.7 Å². The van der Waals surface area contributed by atoms with Crippen molar-refractivity contribution in [3.05, 3.63) is 72.5 Å². The Labute approximate surface area is 200 Å². The van der Waals surface area contributed by atoms with E-state index < -0.39 is 20.6 Å². The van der Waals surface area contributed by atoms with Crippen molar-refractivity contribution in [2.24, 2.45) is 0 Å². The standard InChI is InChI=1S/C26H31NO6S/c1-4-27(5-2)16-18-32-22-12-8-20(9-13-22)19-26(3,25(28)29)34(30,31)23-14-10-21(11-15-23)24-7-6-17-33-24/h6-15,17H,4-5,16,18-19H2,1-3H3,(H,28,29). The molecule has 0 aliphatic rings. The highest BCUT2D eigenvalue weighted by Crippen LogP contribution is 2.32. The predicted octanol–water partition coefficient (Wildman–Crippen LogP) is 4.53. The highest BCUT2D eigenvalue weighted by Gasteiger charge is 2.47. The van der Waals surface area contributed by atoms with Gasteiger partial charge < -0.3 is 19.2 Å². The van der Waals surface area contributed by atoms with Gasteiger partial charge in [-0.3, -0.25) is 4.79 Å². The molecule has 182 valence electrons. The molecule has 1 N–H and O–H groups in total. The molecule has 0 saturated heterocycles. The van der Waals surface area contributed by atoms with Crippen molar-refractivity contribution in [1.29, 1.82) is 0 Å². The molecule has 0 aliphatic carbocycles. The van der Waals surface area contributed by atoms with Gasteiger partial charge in [0.05, 0.1) is 11.2 Å². The first kappa shape index (κ1) is 25.5. The molecule has 1 unspecified atom stereocenters. The normalized spacial score (nSPS) is 13.5. The zero-order valence-electron chi connectivity index (χ0n) is 19.7. The molecule has 1 heterocycles. The molecule has 1 aromatic heterocycles. The molecule has 0 aliphatic heterocycles. The third-order valence-corrected chi connectivity index (χ3v) is 8.45. The number of nitrogens with zero attached hydrogens (tertiary/aromatic N) is 1. The lowest BCUT2D eigenvalue weighted by Crippen LogP contribution is -2.45. The number of carbonyl (C=O) groups is 1. The first-order chi connectivity index (χ1) is 16.2. The molecule has 0 saturated carbocycles. The molecule has 1 atom stereocenters. The van der Waals surface area contributed by atoms with Crippen LogP contribution in [0.25, 0.3) is 11.3 Å². The second kappa shape index (κ2) is 10.9. The molecule has 0 amide bonds. The molecule has 0 fully saturated rings. The SMILES string of the molecule is CCN(CC)CCOc1ccc(CC(C)(C(=O)O)S(=O)(=O)c2ccc(-c3ccco3)cc2)cc1. The number of ether oxygens (including phenoxy) is 1. The minimum Gasteiger partial charge on any atom is -0.492 e. The Morgan fingerprint density at radius 3 is 2.21 bits per heavy atom. The molecule has 34 heavy (non-hydrogen) atoms. The van der Waals surface area contributed by atoms with E-state index in [9.17, 15) is 18.3 Å². The van der Waals surface area contributed by atoms with Crippen molar-refractivity contribution in [1.82, 2.24) is 4.90 Å². The van der Waals surface area contributed by atoms with Crippen LogP contribution in [0, 0.1) is 0 Å². The Balaban J connectivity index is 1.75. The van der Waals surface area contributed by atoms with E-state index in [1.807, 2.05) is 0 Å². The number of benzene rings is 2. The van der Waals surface area contributed by atoms with E-state index in [0.29, 0.717) is 29.2 Å². The number of aliphatic carboxylic acids is 1. The van der Waals surface area contributed by atoms with Gasteiger partial charge in [0.2, 0.25) is 0 Å². The van der Waals surface area contributed by atoms with Crippen LogP contribution in [-0.4, -0.2) is 55.4 Å². The molecular formula is C26H31NO6S. The summed E-state index contributed by atoms with van der Waals surface area (Å²) in [6.07, 6.45) is 1.35. The van der Waals surface area contributed by atoms with Crippen LogP contribution in [0.15, 0.2) is 76.2 Å². The van der Waals surface area contributed by atoms with Crippen LogP contribution in [0.5, 0.6) is 5.75 Å². The van der Waals surface area contributed by atoms with Crippen LogP contribution >= 0.6 is 0 Å². The van der Waals surface area contributed by atoms with Crippen molar-refractivity contribution in [2.75, 3.05) is 26.2 Å². The van der Waals surface area contributed by atoms with E-state index in [1.54, 1.807) is 48.5 Å². The smallest absolute Gasteiger partial charge is 0.325 e. The van der Waals surface area contributed by atoms with Gasteiger partial charge in [-0.15, -0.1) is 0 Å². The highest BCUT2D eigenvalue weighted by atomic mass is 32.2. The summed E-state index contributed by atoms with van der Waals surface area (Å²) < 4.78 is 35.8. The van der Waals surface area contributed by atoms with Gasteiger partial charge in [-0.05, 0) is 74.1 Å². The van der Waals surface area contributed by atoms with E-state index in [4.69, 9.17) is 9.15 Å². The lowest BCUT2D eigenvalue weighted by atomic mass is 10.0.